The molecule has 3 rings (SSSR count). The normalized spacial score (nSPS) is 10.9. The smallest absolute Gasteiger partial charge is 0.240 e. The van der Waals surface area contributed by atoms with E-state index in [2.05, 4.69) is 29.4 Å². The van der Waals surface area contributed by atoms with Crippen LogP contribution in [0.4, 0.5) is 0 Å². The van der Waals surface area contributed by atoms with Gasteiger partial charge in [0, 0.05) is 6.54 Å². The van der Waals surface area contributed by atoms with Gasteiger partial charge >= 0.3 is 0 Å². The van der Waals surface area contributed by atoms with Crippen molar-refractivity contribution in [1.82, 2.24) is 14.9 Å². The van der Waals surface area contributed by atoms with E-state index in [1.807, 2.05) is 47.2 Å². The molecule has 1 N–H and O–H groups in total. The summed E-state index contributed by atoms with van der Waals surface area (Å²) in [6.45, 7) is 2.89. The second-order valence-electron chi connectivity index (χ2n) is 5.80. The Hall–Kier alpha value is -2.27. The summed E-state index contributed by atoms with van der Waals surface area (Å²) in [4.78, 5) is 17.0. The van der Waals surface area contributed by atoms with Crippen molar-refractivity contribution in [3.05, 3.63) is 65.5 Å². The predicted octanol–water partition coefficient (Wildman–Crippen LogP) is 3.52. The molecule has 124 valence electrons. The van der Waals surface area contributed by atoms with Crippen molar-refractivity contribution in [2.75, 3.05) is 6.26 Å². The quantitative estimate of drug-likeness (QED) is 0.747. The first-order valence-electron chi connectivity index (χ1n) is 7.92. The number of hydrogen-bond donors (Lipinski definition) is 1. The number of benzene rings is 2. The van der Waals surface area contributed by atoms with Crippen LogP contribution in [-0.2, 0) is 23.6 Å². The van der Waals surface area contributed by atoms with Gasteiger partial charge in [0.1, 0.15) is 12.4 Å². The number of rotatable bonds is 6. The number of carbonyl (C=O) groups excluding carboxylic acids is 1. The number of para-hydroxylation sites is 2. The molecule has 24 heavy (non-hydrogen) atoms. The highest BCUT2D eigenvalue weighted by Gasteiger charge is 2.13. The van der Waals surface area contributed by atoms with Gasteiger partial charge < -0.3 is 9.88 Å². The van der Waals surface area contributed by atoms with E-state index in [1.54, 1.807) is 11.8 Å². The fraction of sp³-hybridized carbons (Fsp3) is 0.263. The summed E-state index contributed by atoms with van der Waals surface area (Å²) in [6, 6.07) is 16.1. The Morgan fingerprint density at radius 1 is 1.21 bits per heavy atom. The Morgan fingerprint density at radius 3 is 2.83 bits per heavy atom. The van der Waals surface area contributed by atoms with Crippen LogP contribution in [0.15, 0.2) is 48.5 Å². The average Bonchev–Trinajstić information content (AvgIpc) is 2.91. The topological polar surface area (TPSA) is 46.9 Å². The van der Waals surface area contributed by atoms with Crippen LogP contribution in [0, 0.1) is 6.92 Å². The molecule has 1 heterocycles. The highest BCUT2D eigenvalue weighted by molar-refractivity contribution is 7.97. The summed E-state index contributed by atoms with van der Waals surface area (Å²) < 4.78 is 2.01. The molecule has 0 aliphatic carbocycles. The van der Waals surface area contributed by atoms with Crippen LogP contribution in [-0.4, -0.2) is 21.7 Å². The average molecular weight is 339 g/mol. The maximum atomic E-state index is 12.4. The third-order valence-electron chi connectivity index (χ3n) is 3.88. The monoisotopic (exact) mass is 339 g/mol. The van der Waals surface area contributed by atoms with Crippen LogP contribution in [0.25, 0.3) is 11.0 Å². The molecule has 2 aromatic carbocycles. The van der Waals surface area contributed by atoms with Gasteiger partial charge in [0.2, 0.25) is 5.91 Å². The number of nitrogens with one attached hydrogen (secondary N) is 1. The zero-order valence-electron chi connectivity index (χ0n) is 14.0. The second-order valence-corrected chi connectivity index (χ2v) is 6.67. The predicted molar refractivity (Wildman–Crippen MR) is 100.0 cm³/mol. The van der Waals surface area contributed by atoms with Crippen molar-refractivity contribution in [3.63, 3.8) is 0 Å². The van der Waals surface area contributed by atoms with E-state index < -0.39 is 0 Å². The maximum absolute atomic E-state index is 12.4. The van der Waals surface area contributed by atoms with Crippen molar-refractivity contribution in [2.45, 2.75) is 25.8 Å². The molecule has 0 radical (unpaired) electrons. The van der Waals surface area contributed by atoms with Crippen LogP contribution in [0.3, 0.4) is 0 Å². The summed E-state index contributed by atoms with van der Waals surface area (Å²) >= 11 is 1.71. The number of fused-ring (bicyclic) bond motifs is 1. The second kappa shape index (κ2) is 7.53. The molecule has 0 fully saturated rings. The van der Waals surface area contributed by atoms with Gasteiger partial charge in [-0.2, -0.15) is 11.8 Å². The standard InChI is InChI=1S/C19H21N3OS/c1-14-6-5-7-15(10-14)11-20-19(23)12-22-17-9-4-3-8-16(17)21-18(22)13-24-2/h3-10H,11-13H2,1-2H3,(H,20,23). The van der Waals surface area contributed by atoms with Gasteiger partial charge in [0.15, 0.2) is 0 Å². The zero-order valence-corrected chi connectivity index (χ0v) is 14.8. The number of imidazole rings is 1. The minimum absolute atomic E-state index is 0.00186. The molecule has 5 heteroatoms. The molecule has 3 aromatic rings. The first-order chi connectivity index (χ1) is 11.7. The Morgan fingerprint density at radius 2 is 2.04 bits per heavy atom. The molecule has 0 aliphatic rings. The zero-order chi connectivity index (χ0) is 16.9. The van der Waals surface area contributed by atoms with Crippen molar-refractivity contribution in [1.29, 1.82) is 0 Å². The van der Waals surface area contributed by atoms with E-state index in [9.17, 15) is 4.79 Å². The molecular weight excluding hydrogens is 318 g/mol. The van der Waals surface area contributed by atoms with Gasteiger partial charge in [0.25, 0.3) is 0 Å². The first kappa shape index (κ1) is 16.6. The lowest BCUT2D eigenvalue weighted by Crippen LogP contribution is -2.27. The summed E-state index contributed by atoms with van der Waals surface area (Å²) in [7, 11) is 0. The molecule has 0 saturated heterocycles. The van der Waals surface area contributed by atoms with Crippen molar-refractivity contribution in [2.24, 2.45) is 0 Å². The highest BCUT2D eigenvalue weighted by atomic mass is 32.2. The first-order valence-corrected chi connectivity index (χ1v) is 9.32. The van der Waals surface area contributed by atoms with E-state index in [1.165, 1.54) is 5.56 Å². The molecule has 1 aromatic heterocycles. The van der Waals surface area contributed by atoms with E-state index in [0.29, 0.717) is 13.1 Å². The largest absolute Gasteiger partial charge is 0.350 e. The molecule has 4 nitrogen and oxygen atoms in total. The summed E-state index contributed by atoms with van der Waals surface area (Å²) in [5, 5.41) is 3.00. The Kier molecular flexibility index (Phi) is 5.20. The number of nitrogens with zero attached hydrogens (tertiary/aromatic N) is 2. The summed E-state index contributed by atoms with van der Waals surface area (Å²) in [5.41, 5.74) is 4.26. The number of aromatic nitrogens is 2. The molecule has 0 aliphatic heterocycles. The van der Waals surface area contributed by atoms with Crippen molar-refractivity contribution < 1.29 is 4.79 Å². The molecular formula is C19H21N3OS. The van der Waals surface area contributed by atoms with E-state index in [4.69, 9.17) is 0 Å². The van der Waals surface area contributed by atoms with Crippen LogP contribution in [0.2, 0.25) is 0 Å². The van der Waals surface area contributed by atoms with Crippen LogP contribution >= 0.6 is 11.8 Å². The Balaban J connectivity index is 1.74. The van der Waals surface area contributed by atoms with Gasteiger partial charge in [-0.3, -0.25) is 4.79 Å². The van der Waals surface area contributed by atoms with E-state index in [-0.39, 0.29) is 5.91 Å². The minimum atomic E-state index is 0.00186. The van der Waals surface area contributed by atoms with E-state index >= 15 is 0 Å². The molecule has 0 atom stereocenters. The number of amides is 1. The third kappa shape index (κ3) is 3.79. The Bertz CT molecular complexity index is 857. The van der Waals surface area contributed by atoms with Crippen molar-refractivity contribution >= 4 is 28.7 Å². The minimum Gasteiger partial charge on any atom is -0.350 e. The van der Waals surface area contributed by atoms with Gasteiger partial charge in [0.05, 0.1) is 16.8 Å². The lowest BCUT2D eigenvalue weighted by molar-refractivity contribution is -0.121. The van der Waals surface area contributed by atoms with Crippen LogP contribution in [0.1, 0.15) is 17.0 Å². The van der Waals surface area contributed by atoms with Crippen LogP contribution < -0.4 is 5.32 Å². The lowest BCUT2D eigenvalue weighted by Gasteiger charge is -2.10. The number of carbonyl (C=O) groups is 1. The summed E-state index contributed by atoms with van der Waals surface area (Å²) in [6.07, 6.45) is 2.04. The lowest BCUT2D eigenvalue weighted by atomic mass is 10.1. The number of thioether (sulfide) groups is 1. The number of hydrogen-bond acceptors (Lipinski definition) is 3. The fourth-order valence-electron chi connectivity index (χ4n) is 2.76. The SMILES string of the molecule is CSCc1nc2ccccc2n1CC(=O)NCc1cccc(C)c1. The fourth-order valence-corrected chi connectivity index (χ4v) is 3.24. The third-order valence-corrected chi connectivity index (χ3v) is 4.43. The summed E-state index contributed by atoms with van der Waals surface area (Å²) in [5.74, 6) is 1.73. The van der Waals surface area contributed by atoms with Crippen LogP contribution in [0.5, 0.6) is 0 Å². The van der Waals surface area contributed by atoms with Gasteiger partial charge in [-0.25, -0.2) is 4.98 Å². The van der Waals surface area contributed by atoms with E-state index in [0.717, 1.165) is 28.2 Å². The van der Waals surface area contributed by atoms with Crippen molar-refractivity contribution in [3.8, 4) is 0 Å². The molecule has 0 unspecified atom stereocenters. The maximum Gasteiger partial charge on any atom is 0.240 e. The highest BCUT2D eigenvalue weighted by Crippen LogP contribution is 2.18. The van der Waals surface area contributed by atoms with Gasteiger partial charge in [-0.1, -0.05) is 42.0 Å². The molecule has 0 spiro atoms. The number of aryl methyl sites for hydroxylation is 1. The molecule has 0 bridgehead atoms. The Labute approximate surface area is 146 Å². The molecule has 1 amide bonds. The van der Waals surface area contributed by atoms with Gasteiger partial charge in [-0.05, 0) is 30.9 Å². The van der Waals surface area contributed by atoms with Gasteiger partial charge in [-0.15, -0.1) is 0 Å². The molecule has 0 saturated carbocycles.